The van der Waals surface area contributed by atoms with Gasteiger partial charge in [-0.1, -0.05) is 38.8 Å². The maximum absolute atomic E-state index is 5.72. The van der Waals surface area contributed by atoms with Gasteiger partial charge in [0.1, 0.15) is 19.0 Å². The molecular weight excluding hydrogens is 286 g/mol. The average Bonchev–Trinajstić information content (AvgIpc) is 2.58. The first-order chi connectivity index (χ1) is 11.2. The highest BCUT2D eigenvalue weighted by atomic mass is 16.5. The van der Waals surface area contributed by atoms with Crippen LogP contribution in [-0.2, 0) is 6.42 Å². The number of rotatable bonds is 9. The van der Waals surface area contributed by atoms with E-state index in [-0.39, 0.29) is 0 Å². The van der Waals surface area contributed by atoms with Crippen molar-refractivity contribution in [1.82, 2.24) is 4.98 Å². The fourth-order valence-electron chi connectivity index (χ4n) is 2.53. The summed E-state index contributed by atoms with van der Waals surface area (Å²) in [5.74, 6) is 2.31. The smallest absolute Gasteiger partial charge is 0.213 e. The van der Waals surface area contributed by atoms with Crippen molar-refractivity contribution in [3.8, 4) is 11.6 Å². The lowest BCUT2D eigenvalue weighted by Gasteiger charge is -2.13. The molecule has 1 heterocycles. The molecule has 0 spiro atoms. The van der Waals surface area contributed by atoms with Gasteiger partial charge in [-0.15, -0.1) is 0 Å². The zero-order valence-corrected chi connectivity index (χ0v) is 14.4. The maximum atomic E-state index is 5.72. The summed E-state index contributed by atoms with van der Waals surface area (Å²) in [5.41, 5.74) is 2.52. The van der Waals surface area contributed by atoms with E-state index in [0.717, 1.165) is 23.7 Å². The highest BCUT2D eigenvalue weighted by molar-refractivity contribution is 5.27. The minimum atomic E-state index is 0.492. The van der Waals surface area contributed by atoms with E-state index in [4.69, 9.17) is 9.47 Å². The molecule has 1 aromatic heterocycles. The molecule has 0 radical (unpaired) electrons. The minimum Gasteiger partial charge on any atom is -0.490 e. The first-order valence-corrected chi connectivity index (χ1v) is 8.48. The second kappa shape index (κ2) is 9.19. The van der Waals surface area contributed by atoms with Crippen molar-refractivity contribution in [2.24, 2.45) is 5.92 Å². The number of nitrogens with zero attached hydrogens (tertiary/aromatic N) is 1. The topological polar surface area (TPSA) is 31.4 Å². The molecule has 1 aromatic carbocycles. The monoisotopic (exact) mass is 313 g/mol. The summed E-state index contributed by atoms with van der Waals surface area (Å²) in [7, 11) is 0. The van der Waals surface area contributed by atoms with E-state index in [1.54, 1.807) is 6.20 Å². The number of ether oxygens (including phenoxy) is 2. The lowest BCUT2D eigenvalue weighted by Crippen LogP contribution is -2.09. The summed E-state index contributed by atoms with van der Waals surface area (Å²) in [4.78, 5) is 4.16. The molecular formula is C20H27NO2. The summed E-state index contributed by atoms with van der Waals surface area (Å²) in [6.45, 7) is 7.55. The van der Waals surface area contributed by atoms with Gasteiger partial charge in [0, 0.05) is 12.3 Å². The molecule has 0 aliphatic carbocycles. The molecule has 124 valence electrons. The van der Waals surface area contributed by atoms with Crippen LogP contribution < -0.4 is 9.47 Å². The summed E-state index contributed by atoms with van der Waals surface area (Å²) in [6.07, 6.45) is 5.37. The van der Waals surface area contributed by atoms with Gasteiger partial charge < -0.3 is 9.47 Å². The second-order valence-electron chi connectivity index (χ2n) is 5.90. The van der Waals surface area contributed by atoms with E-state index in [0.29, 0.717) is 19.1 Å². The Balaban J connectivity index is 1.73. The standard InChI is InChI=1S/C20H27NO2/c1-4-17(5-2)15-18-6-8-19(9-7-18)22-12-13-23-20-14-16(3)10-11-21-20/h6-11,14,17H,4-5,12-13,15H2,1-3H3. The Morgan fingerprint density at radius 3 is 2.30 bits per heavy atom. The van der Waals surface area contributed by atoms with E-state index in [2.05, 4.69) is 31.0 Å². The molecule has 23 heavy (non-hydrogen) atoms. The lowest BCUT2D eigenvalue weighted by atomic mass is 9.95. The van der Waals surface area contributed by atoms with Crippen LogP contribution in [0.2, 0.25) is 0 Å². The first-order valence-electron chi connectivity index (χ1n) is 8.48. The van der Waals surface area contributed by atoms with Crippen molar-refractivity contribution in [2.45, 2.75) is 40.0 Å². The molecule has 0 fully saturated rings. The fourth-order valence-corrected chi connectivity index (χ4v) is 2.53. The normalized spacial score (nSPS) is 10.8. The molecule has 0 unspecified atom stereocenters. The Kier molecular flexibility index (Phi) is 6.92. The van der Waals surface area contributed by atoms with Crippen LogP contribution in [0.1, 0.15) is 37.8 Å². The van der Waals surface area contributed by atoms with Crippen LogP contribution in [0, 0.1) is 12.8 Å². The number of aromatic nitrogens is 1. The predicted molar refractivity (Wildman–Crippen MR) is 94.2 cm³/mol. The Bertz CT molecular complexity index is 576. The molecule has 2 rings (SSSR count). The van der Waals surface area contributed by atoms with Gasteiger partial charge in [0.2, 0.25) is 5.88 Å². The third kappa shape index (κ3) is 5.93. The highest BCUT2D eigenvalue weighted by Gasteiger charge is 2.05. The van der Waals surface area contributed by atoms with E-state index in [1.165, 1.54) is 18.4 Å². The number of hydrogen-bond acceptors (Lipinski definition) is 3. The van der Waals surface area contributed by atoms with Crippen molar-refractivity contribution in [3.05, 3.63) is 53.7 Å². The molecule has 3 heteroatoms. The quantitative estimate of drug-likeness (QED) is 0.622. The van der Waals surface area contributed by atoms with Crippen molar-refractivity contribution in [1.29, 1.82) is 0 Å². The fraction of sp³-hybridized carbons (Fsp3) is 0.450. The van der Waals surface area contributed by atoms with Gasteiger partial charge in [0.15, 0.2) is 0 Å². The van der Waals surface area contributed by atoms with Gasteiger partial charge in [-0.3, -0.25) is 0 Å². The lowest BCUT2D eigenvalue weighted by molar-refractivity contribution is 0.212. The first kappa shape index (κ1) is 17.3. The van der Waals surface area contributed by atoms with E-state index >= 15 is 0 Å². The van der Waals surface area contributed by atoms with Gasteiger partial charge in [0.25, 0.3) is 0 Å². The van der Waals surface area contributed by atoms with E-state index in [1.807, 2.05) is 31.2 Å². The molecule has 0 saturated heterocycles. The van der Waals surface area contributed by atoms with Gasteiger partial charge in [-0.05, 0) is 48.6 Å². The highest BCUT2D eigenvalue weighted by Crippen LogP contribution is 2.18. The van der Waals surface area contributed by atoms with Crippen molar-refractivity contribution >= 4 is 0 Å². The second-order valence-corrected chi connectivity index (χ2v) is 5.90. The maximum Gasteiger partial charge on any atom is 0.213 e. The molecule has 2 aromatic rings. The zero-order chi connectivity index (χ0) is 16.5. The molecule has 0 aliphatic heterocycles. The molecule has 3 nitrogen and oxygen atoms in total. The van der Waals surface area contributed by atoms with Crippen LogP contribution in [0.15, 0.2) is 42.6 Å². The summed E-state index contributed by atoms with van der Waals surface area (Å²) < 4.78 is 11.3. The van der Waals surface area contributed by atoms with Crippen LogP contribution in [0.25, 0.3) is 0 Å². The number of aryl methyl sites for hydroxylation is 1. The third-order valence-electron chi connectivity index (χ3n) is 4.09. The Morgan fingerprint density at radius 2 is 1.65 bits per heavy atom. The molecule has 0 atom stereocenters. The molecule has 0 aliphatic rings. The molecule has 0 amide bonds. The van der Waals surface area contributed by atoms with Crippen LogP contribution in [0.5, 0.6) is 11.6 Å². The Hall–Kier alpha value is -2.03. The van der Waals surface area contributed by atoms with E-state index < -0.39 is 0 Å². The number of benzene rings is 1. The molecule has 0 N–H and O–H groups in total. The average molecular weight is 313 g/mol. The summed E-state index contributed by atoms with van der Waals surface area (Å²) in [5, 5.41) is 0. The zero-order valence-electron chi connectivity index (χ0n) is 14.4. The third-order valence-corrected chi connectivity index (χ3v) is 4.09. The summed E-state index contributed by atoms with van der Waals surface area (Å²) >= 11 is 0. The molecule has 0 bridgehead atoms. The van der Waals surface area contributed by atoms with Crippen LogP contribution in [0.3, 0.4) is 0 Å². The van der Waals surface area contributed by atoms with Crippen molar-refractivity contribution < 1.29 is 9.47 Å². The van der Waals surface area contributed by atoms with Crippen LogP contribution in [0.4, 0.5) is 0 Å². The number of hydrogen-bond donors (Lipinski definition) is 0. The summed E-state index contributed by atoms with van der Waals surface area (Å²) in [6, 6.07) is 12.3. The van der Waals surface area contributed by atoms with Gasteiger partial charge in [0.05, 0.1) is 0 Å². The Labute approximate surface area is 139 Å². The largest absolute Gasteiger partial charge is 0.490 e. The van der Waals surface area contributed by atoms with E-state index in [9.17, 15) is 0 Å². The minimum absolute atomic E-state index is 0.492. The van der Waals surface area contributed by atoms with Crippen molar-refractivity contribution in [2.75, 3.05) is 13.2 Å². The van der Waals surface area contributed by atoms with Crippen LogP contribution in [-0.4, -0.2) is 18.2 Å². The predicted octanol–water partition coefficient (Wildman–Crippen LogP) is 4.83. The number of pyridine rings is 1. The SMILES string of the molecule is CCC(CC)Cc1ccc(OCCOc2cc(C)ccn2)cc1. The Morgan fingerprint density at radius 1 is 0.957 bits per heavy atom. The van der Waals surface area contributed by atoms with Crippen LogP contribution >= 0.6 is 0 Å². The van der Waals surface area contributed by atoms with Gasteiger partial charge in [-0.25, -0.2) is 4.98 Å². The van der Waals surface area contributed by atoms with Crippen molar-refractivity contribution in [3.63, 3.8) is 0 Å². The van der Waals surface area contributed by atoms with Gasteiger partial charge >= 0.3 is 0 Å². The molecule has 0 saturated carbocycles. The van der Waals surface area contributed by atoms with Gasteiger partial charge in [-0.2, -0.15) is 0 Å².